The van der Waals surface area contributed by atoms with E-state index in [4.69, 9.17) is 18.0 Å². The molecule has 0 radical (unpaired) electrons. The summed E-state index contributed by atoms with van der Waals surface area (Å²) in [5, 5.41) is 0. The van der Waals surface area contributed by atoms with Crippen LogP contribution < -0.4 is 10.5 Å². The molecular weight excluding hydrogens is 288 g/mol. The van der Waals surface area contributed by atoms with E-state index < -0.39 is 10.0 Å². The average Bonchev–Trinajstić information content (AvgIpc) is 2.76. The van der Waals surface area contributed by atoms with Gasteiger partial charge in [-0.05, 0) is 25.0 Å². The lowest BCUT2D eigenvalue weighted by atomic mass is 10.2. The van der Waals surface area contributed by atoms with Crippen molar-refractivity contribution in [2.45, 2.75) is 43.4 Å². The predicted octanol–water partition coefficient (Wildman–Crippen LogP) is 2.04. The average molecular weight is 306 g/mol. The summed E-state index contributed by atoms with van der Waals surface area (Å²) in [4.78, 5) is 1.38. The maximum Gasteiger partial charge on any atom is 0.250 e. The summed E-state index contributed by atoms with van der Waals surface area (Å²) in [6, 6.07) is 3.24. The van der Waals surface area contributed by atoms with Crippen molar-refractivity contribution in [1.82, 2.24) is 4.72 Å². The molecule has 18 heavy (non-hydrogen) atoms. The van der Waals surface area contributed by atoms with E-state index in [0.29, 0.717) is 22.0 Å². The number of nitrogens with two attached hydrogens (primary N) is 1. The smallest absolute Gasteiger partial charge is 0.250 e. The molecule has 0 amide bonds. The second-order valence-corrected chi connectivity index (χ2v) is 7.60. The lowest BCUT2D eigenvalue weighted by Gasteiger charge is -2.15. The van der Waals surface area contributed by atoms with Gasteiger partial charge < -0.3 is 5.73 Å². The highest BCUT2D eigenvalue weighted by Gasteiger charge is 2.21. The molecule has 1 atom stereocenters. The van der Waals surface area contributed by atoms with Crippen molar-refractivity contribution in [3.8, 4) is 0 Å². The summed E-state index contributed by atoms with van der Waals surface area (Å²) >= 11 is 6.11. The van der Waals surface area contributed by atoms with E-state index in [-0.39, 0.29) is 6.04 Å². The summed E-state index contributed by atoms with van der Waals surface area (Å²) in [7, 11) is -3.45. The predicted molar refractivity (Wildman–Crippen MR) is 79.5 cm³/mol. The first-order chi connectivity index (χ1) is 8.39. The van der Waals surface area contributed by atoms with Crippen molar-refractivity contribution in [2.24, 2.45) is 5.73 Å². The summed E-state index contributed by atoms with van der Waals surface area (Å²) in [6.07, 6.45) is 1.88. The molecule has 0 aliphatic carbocycles. The maximum atomic E-state index is 12.1. The van der Waals surface area contributed by atoms with Gasteiger partial charge in [0.15, 0.2) is 0 Å². The number of rotatable bonds is 7. The van der Waals surface area contributed by atoms with E-state index in [9.17, 15) is 8.42 Å². The van der Waals surface area contributed by atoms with Crippen molar-refractivity contribution in [1.29, 1.82) is 0 Å². The molecule has 0 aromatic carbocycles. The number of hydrogen-bond donors (Lipinski definition) is 2. The molecule has 0 bridgehead atoms. The van der Waals surface area contributed by atoms with Crippen LogP contribution in [0.5, 0.6) is 0 Å². The summed E-state index contributed by atoms with van der Waals surface area (Å²) in [5.41, 5.74) is 5.45. The largest absolute Gasteiger partial charge is 0.393 e. The first kappa shape index (κ1) is 15.6. The highest BCUT2D eigenvalue weighted by atomic mass is 32.2. The molecule has 0 fully saturated rings. The fourth-order valence-electron chi connectivity index (χ4n) is 1.48. The van der Waals surface area contributed by atoms with Crippen molar-refractivity contribution in [3.63, 3.8) is 0 Å². The number of thiophene rings is 1. The van der Waals surface area contributed by atoms with Gasteiger partial charge in [-0.2, -0.15) is 0 Å². The Bertz CT molecular complexity index is 508. The van der Waals surface area contributed by atoms with Gasteiger partial charge in [0.2, 0.25) is 10.0 Å². The van der Waals surface area contributed by atoms with Crippen LogP contribution in [0, 0.1) is 0 Å². The first-order valence-corrected chi connectivity index (χ1v) is 8.49. The van der Waals surface area contributed by atoms with Crippen molar-refractivity contribution in [2.75, 3.05) is 0 Å². The van der Waals surface area contributed by atoms with Crippen LogP contribution in [-0.4, -0.2) is 19.4 Å². The topological polar surface area (TPSA) is 72.2 Å². The molecule has 1 aromatic rings. The molecule has 102 valence electrons. The fourth-order valence-corrected chi connectivity index (χ4v) is 4.31. The fraction of sp³-hybridized carbons (Fsp3) is 0.545. The Balaban J connectivity index is 2.83. The molecule has 7 heteroatoms. The first-order valence-electron chi connectivity index (χ1n) is 5.78. The number of sulfonamides is 1. The van der Waals surface area contributed by atoms with E-state index in [1.165, 1.54) is 11.3 Å². The van der Waals surface area contributed by atoms with Gasteiger partial charge in [0, 0.05) is 17.3 Å². The van der Waals surface area contributed by atoms with Gasteiger partial charge in [0.25, 0.3) is 0 Å². The minimum atomic E-state index is -3.45. The molecule has 1 heterocycles. The molecule has 4 nitrogen and oxygen atoms in total. The van der Waals surface area contributed by atoms with Crippen LogP contribution in [0.1, 0.15) is 31.6 Å². The molecular formula is C11H18N2O2S3. The van der Waals surface area contributed by atoms with Gasteiger partial charge in [0.1, 0.15) is 4.21 Å². The van der Waals surface area contributed by atoms with Crippen LogP contribution in [0.25, 0.3) is 0 Å². The van der Waals surface area contributed by atoms with Gasteiger partial charge in [-0.25, -0.2) is 13.1 Å². The van der Waals surface area contributed by atoms with Crippen LogP contribution in [0.4, 0.5) is 0 Å². The highest BCUT2D eigenvalue weighted by molar-refractivity contribution is 7.91. The van der Waals surface area contributed by atoms with Crippen molar-refractivity contribution < 1.29 is 8.42 Å². The molecule has 1 aromatic heterocycles. The van der Waals surface area contributed by atoms with Crippen LogP contribution in [0.3, 0.4) is 0 Å². The number of aryl methyl sites for hydroxylation is 1. The zero-order valence-electron chi connectivity index (χ0n) is 10.5. The lowest BCUT2D eigenvalue weighted by molar-refractivity contribution is 0.548. The third-order valence-corrected chi connectivity index (χ3v) is 5.92. The van der Waals surface area contributed by atoms with Crippen molar-refractivity contribution in [3.05, 3.63) is 17.0 Å². The number of thiocarbonyl (C=S) groups is 1. The monoisotopic (exact) mass is 306 g/mol. The standard InChI is InChI=1S/C11H18N2O2S3/c1-3-8(7-10(12)16)13-18(14,15)11-6-5-9(4-2)17-11/h5-6,8,13H,3-4,7H2,1-2H3,(H2,12,16). The Kier molecular flexibility index (Phi) is 5.71. The molecule has 0 aliphatic rings. The van der Waals surface area contributed by atoms with Crippen molar-refractivity contribution >= 4 is 38.6 Å². The van der Waals surface area contributed by atoms with E-state index >= 15 is 0 Å². The normalized spacial score (nSPS) is 13.4. The van der Waals surface area contributed by atoms with Gasteiger partial charge in [-0.3, -0.25) is 0 Å². The second-order valence-electron chi connectivity index (χ2n) is 3.97. The molecule has 3 N–H and O–H groups in total. The quantitative estimate of drug-likeness (QED) is 0.756. The van der Waals surface area contributed by atoms with Gasteiger partial charge in [-0.1, -0.05) is 26.1 Å². The number of hydrogen-bond acceptors (Lipinski definition) is 4. The Morgan fingerprint density at radius 3 is 2.61 bits per heavy atom. The highest BCUT2D eigenvalue weighted by Crippen LogP contribution is 2.22. The summed E-state index contributed by atoms with van der Waals surface area (Å²) < 4.78 is 27.2. The van der Waals surface area contributed by atoms with Crippen LogP contribution in [-0.2, 0) is 16.4 Å². The van der Waals surface area contributed by atoms with E-state index in [2.05, 4.69) is 4.72 Å². The molecule has 0 saturated heterocycles. The Morgan fingerprint density at radius 1 is 1.50 bits per heavy atom. The van der Waals surface area contributed by atoms with E-state index in [0.717, 1.165) is 11.3 Å². The Labute approximate surface area is 118 Å². The van der Waals surface area contributed by atoms with Crippen LogP contribution in [0.15, 0.2) is 16.3 Å². The maximum absolute atomic E-state index is 12.1. The molecule has 0 spiro atoms. The van der Waals surface area contributed by atoms with E-state index in [1.807, 2.05) is 19.9 Å². The van der Waals surface area contributed by atoms with Gasteiger partial charge in [-0.15, -0.1) is 11.3 Å². The molecule has 1 rings (SSSR count). The Morgan fingerprint density at radius 2 is 2.17 bits per heavy atom. The summed E-state index contributed by atoms with van der Waals surface area (Å²) in [6.45, 7) is 3.90. The zero-order valence-corrected chi connectivity index (χ0v) is 12.9. The van der Waals surface area contributed by atoms with Gasteiger partial charge >= 0.3 is 0 Å². The second kappa shape index (κ2) is 6.60. The van der Waals surface area contributed by atoms with E-state index in [1.54, 1.807) is 6.07 Å². The van der Waals surface area contributed by atoms with Gasteiger partial charge in [0.05, 0.1) is 4.99 Å². The minimum Gasteiger partial charge on any atom is -0.393 e. The third kappa shape index (κ3) is 4.31. The molecule has 0 saturated carbocycles. The lowest BCUT2D eigenvalue weighted by Crippen LogP contribution is -2.36. The molecule has 1 unspecified atom stereocenters. The Hall–Kier alpha value is -0.500. The van der Waals surface area contributed by atoms with Crippen LogP contribution >= 0.6 is 23.6 Å². The zero-order chi connectivity index (χ0) is 13.8. The summed E-state index contributed by atoms with van der Waals surface area (Å²) in [5.74, 6) is 0. The third-order valence-electron chi connectivity index (χ3n) is 2.51. The SMILES string of the molecule is CCc1ccc(S(=O)(=O)NC(CC)CC(N)=S)s1. The molecule has 0 aliphatic heterocycles. The van der Waals surface area contributed by atoms with Crippen LogP contribution in [0.2, 0.25) is 0 Å². The minimum absolute atomic E-state index is 0.236. The number of nitrogens with one attached hydrogen (secondary N) is 1.